The molecule has 0 amide bonds. The van der Waals surface area contributed by atoms with Crippen LogP contribution in [0.4, 0.5) is 0 Å². The summed E-state index contributed by atoms with van der Waals surface area (Å²) < 4.78 is 28.5. The molecule has 5 atom stereocenters. The summed E-state index contributed by atoms with van der Waals surface area (Å²) in [6, 6.07) is 10.5. The van der Waals surface area contributed by atoms with Crippen LogP contribution in [0.2, 0.25) is 36.3 Å². The van der Waals surface area contributed by atoms with Gasteiger partial charge in [0.25, 0.3) is 0 Å². The second-order valence-corrected chi connectivity index (χ2v) is 27.0. The first-order valence-electron chi connectivity index (χ1n) is 14.9. The van der Waals surface area contributed by atoms with Gasteiger partial charge in [-0.3, -0.25) is 0 Å². The standard InChI is InChI=1S/C31H56O4S2Si2/c1-23-26(22-33-38(8,9)30(2,3)4)34-25(20-27-36-18-15-19-37-27)29(35-39(10,11)31(5,6)7)28(23)32-21-24-16-13-12-14-17-24/h12-14,16-17,23,25-29H,15,18-22H2,1-11H3/t23-,25-,26-,28+,29+/m0/s1. The van der Waals surface area contributed by atoms with Crippen molar-refractivity contribution in [2.45, 2.75) is 133 Å². The number of rotatable bonds is 10. The van der Waals surface area contributed by atoms with E-state index in [0.29, 0.717) is 17.8 Å². The van der Waals surface area contributed by atoms with E-state index in [1.165, 1.54) is 23.5 Å². The van der Waals surface area contributed by atoms with Crippen LogP contribution in [0, 0.1) is 5.92 Å². The molecule has 4 nitrogen and oxygen atoms in total. The Morgan fingerprint density at radius 2 is 1.44 bits per heavy atom. The lowest BCUT2D eigenvalue weighted by Crippen LogP contribution is -2.61. The van der Waals surface area contributed by atoms with Crippen LogP contribution in [-0.2, 0) is 24.9 Å². The maximum absolute atomic E-state index is 7.26. The summed E-state index contributed by atoms with van der Waals surface area (Å²) >= 11 is 4.18. The molecule has 0 radical (unpaired) electrons. The molecular weight excluding hydrogens is 557 g/mol. The van der Waals surface area contributed by atoms with E-state index in [9.17, 15) is 0 Å². The third-order valence-corrected chi connectivity index (χ3v) is 21.4. The maximum Gasteiger partial charge on any atom is 0.192 e. The van der Waals surface area contributed by atoms with Gasteiger partial charge in [-0.25, -0.2) is 0 Å². The zero-order valence-corrected chi connectivity index (χ0v) is 30.2. The van der Waals surface area contributed by atoms with Gasteiger partial charge in [-0.15, -0.1) is 23.5 Å². The van der Waals surface area contributed by atoms with Crippen molar-refractivity contribution in [2.24, 2.45) is 5.92 Å². The predicted octanol–water partition coefficient (Wildman–Crippen LogP) is 8.97. The van der Waals surface area contributed by atoms with Gasteiger partial charge in [-0.1, -0.05) is 78.8 Å². The van der Waals surface area contributed by atoms with Crippen LogP contribution in [0.15, 0.2) is 30.3 Å². The highest BCUT2D eigenvalue weighted by Gasteiger charge is 2.51. The van der Waals surface area contributed by atoms with Crippen molar-refractivity contribution in [3.05, 3.63) is 35.9 Å². The summed E-state index contributed by atoms with van der Waals surface area (Å²) in [5.41, 5.74) is 1.20. The van der Waals surface area contributed by atoms with Crippen LogP contribution in [0.3, 0.4) is 0 Å². The number of thioether (sulfide) groups is 2. The van der Waals surface area contributed by atoms with Gasteiger partial charge in [0.15, 0.2) is 16.6 Å². The third kappa shape index (κ3) is 9.09. The Hall–Kier alpha value is 0.194. The molecule has 8 heteroatoms. The summed E-state index contributed by atoms with van der Waals surface area (Å²) in [5.74, 6) is 2.64. The molecule has 2 heterocycles. The Kier molecular flexibility index (Phi) is 11.8. The van der Waals surface area contributed by atoms with Crippen LogP contribution in [0.1, 0.15) is 66.9 Å². The van der Waals surface area contributed by atoms with E-state index < -0.39 is 16.6 Å². The highest BCUT2D eigenvalue weighted by atomic mass is 32.2. The lowest BCUT2D eigenvalue weighted by atomic mass is 9.87. The minimum atomic E-state index is -2.07. The SMILES string of the molecule is C[C@@H]1[C@@H](OCc2ccccc2)[C@H](O[Si](C)(C)C(C)(C)C)[C@H](CC2SCCCS2)O[C@H]1CO[Si](C)(C)C(C)(C)C. The second kappa shape index (κ2) is 13.7. The molecule has 39 heavy (non-hydrogen) atoms. The molecule has 2 fully saturated rings. The van der Waals surface area contributed by atoms with Crippen molar-refractivity contribution in [2.75, 3.05) is 18.1 Å². The zero-order chi connectivity index (χ0) is 29.1. The topological polar surface area (TPSA) is 36.9 Å². The summed E-state index contributed by atoms with van der Waals surface area (Å²) in [7, 11) is -3.98. The molecule has 2 aliphatic rings. The lowest BCUT2D eigenvalue weighted by molar-refractivity contribution is -0.215. The lowest BCUT2D eigenvalue weighted by Gasteiger charge is -2.51. The average Bonchev–Trinajstić information content (AvgIpc) is 2.84. The van der Waals surface area contributed by atoms with Crippen LogP contribution in [0.5, 0.6) is 0 Å². The van der Waals surface area contributed by atoms with E-state index in [4.69, 9.17) is 18.3 Å². The quantitative estimate of drug-likeness (QED) is 0.246. The fourth-order valence-electron chi connectivity index (χ4n) is 4.57. The molecule has 1 aromatic rings. The first kappa shape index (κ1) is 33.7. The van der Waals surface area contributed by atoms with Gasteiger partial charge in [-0.2, -0.15) is 0 Å². The maximum atomic E-state index is 7.26. The minimum Gasteiger partial charge on any atom is -0.414 e. The summed E-state index contributed by atoms with van der Waals surface area (Å²) in [4.78, 5) is 0. The fourth-order valence-corrected chi connectivity index (χ4v) is 9.85. The van der Waals surface area contributed by atoms with Crippen molar-refractivity contribution < 1.29 is 18.3 Å². The van der Waals surface area contributed by atoms with Gasteiger partial charge in [0.2, 0.25) is 0 Å². The van der Waals surface area contributed by atoms with Crippen LogP contribution in [-0.4, -0.2) is 63.7 Å². The zero-order valence-electron chi connectivity index (χ0n) is 26.5. The highest BCUT2D eigenvalue weighted by molar-refractivity contribution is 8.17. The fraction of sp³-hybridized carbons (Fsp3) is 0.806. The molecule has 2 aliphatic heterocycles. The van der Waals surface area contributed by atoms with Gasteiger partial charge in [-0.05, 0) is 66.2 Å². The third-order valence-electron chi connectivity index (χ3n) is 9.40. The van der Waals surface area contributed by atoms with Crippen LogP contribution < -0.4 is 0 Å². The smallest absolute Gasteiger partial charge is 0.192 e. The van der Waals surface area contributed by atoms with Crippen molar-refractivity contribution in [1.82, 2.24) is 0 Å². The molecule has 0 saturated carbocycles. The normalized spacial score (nSPS) is 28.0. The van der Waals surface area contributed by atoms with E-state index in [1.807, 2.05) is 0 Å². The van der Waals surface area contributed by atoms with Gasteiger partial charge in [0.05, 0.1) is 42.2 Å². The van der Waals surface area contributed by atoms with Gasteiger partial charge in [0.1, 0.15) is 0 Å². The monoisotopic (exact) mass is 612 g/mol. The van der Waals surface area contributed by atoms with Crippen molar-refractivity contribution in [3.63, 3.8) is 0 Å². The van der Waals surface area contributed by atoms with Gasteiger partial charge < -0.3 is 18.3 Å². The van der Waals surface area contributed by atoms with E-state index in [0.717, 1.165) is 6.42 Å². The number of hydrogen-bond acceptors (Lipinski definition) is 6. The summed E-state index contributed by atoms with van der Waals surface area (Å²) in [6.45, 7) is 26.8. The minimum absolute atomic E-state index is 0.00721. The second-order valence-electron chi connectivity index (χ2n) is 14.5. The largest absolute Gasteiger partial charge is 0.414 e. The van der Waals surface area contributed by atoms with E-state index >= 15 is 0 Å². The van der Waals surface area contributed by atoms with Gasteiger partial charge in [0, 0.05) is 5.92 Å². The molecule has 3 rings (SSSR count). The number of benzene rings is 1. The van der Waals surface area contributed by atoms with Crippen molar-refractivity contribution in [1.29, 1.82) is 0 Å². The Balaban J connectivity index is 1.92. The summed E-state index contributed by atoms with van der Waals surface area (Å²) in [5, 5.41) is 0.276. The van der Waals surface area contributed by atoms with Gasteiger partial charge >= 0.3 is 0 Å². The van der Waals surface area contributed by atoms with Crippen molar-refractivity contribution >= 4 is 40.2 Å². The van der Waals surface area contributed by atoms with E-state index in [2.05, 4.69) is 129 Å². The van der Waals surface area contributed by atoms with Crippen LogP contribution in [0.25, 0.3) is 0 Å². The molecule has 224 valence electrons. The molecule has 0 bridgehead atoms. The van der Waals surface area contributed by atoms with E-state index in [1.54, 1.807) is 0 Å². The number of ether oxygens (including phenoxy) is 2. The molecule has 0 aromatic heterocycles. The van der Waals surface area contributed by atoms with Crippen molar-refractivity contribution in [3.8, 4) is 0 Å². The average molecular weight is 613 g/mol. The first-order valence-corrected chi connectivity index (χ1v) is 22.8. The Morgan fingerprint density at radius 3 is 2.00 bits per heavy atom. The summed E-state index contributed by atoms with van der Waals surface area (Å²) in [6.07, 6.45) is 2.13. The Bertz CT molecular complexity index is 879. The first-order chi connectivity index (χ1) is 18.0. The Morgan fingerprint density at radius 1 is 0.846 bits per heavy atom. The predicted molar refractivity (Wildman–Crippen MR) is 176 cm³/mol. The molecule has 0 spiro atoms. The highest BCUT2D eigenvalue weighted by Crippen LogP contribution is 2.44. The van der Waals surface area contributed by atoms with Crippen LogP contribution >= 0.6 is 23.5 Å². The Labute approximate surface area is 250 Å². The molecule has 0 unspecified atom stereocenters. The molecule has 0 N–H and O–H groups in total. The molecular formula is C31H56O4S2Si2. The molecule has 1 aromatic carbocycles. The molecule has 2 saturated heterocycles. The molecule has 0 aliphatic carbocycles. The van der Waals surface area contributed by atoms with E-state index in [-0.39, 0.29) is 40.4 Å². The number of hydrogen-bond donors (Lipinski definition) is 0.